The fraction of sp³-hybridized carbons (Fsp3) is 0.273. The molecule has 0 saturated carbocycles. The van der Waals surface area contributed by atoms with E-state index in [1.54, 1.807) is 12.1 Å². The van der Waals surface area contributed by atoms with E-state index in [1.807, 2.05) is 47.3 Å². The van der Waals surface area contributed by atoms with Crippen LogP contribution in [0.15, 0.2) is 60.8 Å². The van der Waals surface area contributed by atoms with E-state index in [0.29, 0.717) is 17.5 Å². The lowest BCUT2D eigenvalue weighted by Crippen LogP contribution is -2.49. The van der Waals surface area contributed by atoms with Gasteiger partial charge in [0, 0.05) is 50.0 Å². The minimum atomic E-state index is -0.189. The van der Waals surface area contributed by atoms with E-state index in [4.69, 9.17) is 23.8 Å². The summed E-state index contributed by atoms with van der Waals surface area (Å²) in [6.07, 6.45) is 1.91. The second-order valence-corrected chi connectivity index (χ2v) is 8.11. The van der Waals surface area contributed by atoms with Crippen molar-refractivity contribution in [3.63, 3.8) is 0 Å². The molecule has 0 radical (unpaired) electrons. The Morgan fingerprint density at radius 1 is 1.03 bits per heavy atom. The Balaban J connectivity index is 1.27. The largest absolute Gasteiger partial charge is 0.346 e. The molecule has 1 fully saturated rings. The number of hydrogen-bond donors (Lipinski definition) is 1. The van der Waals surface area contributed by atoms with Crippen LogP contribution in [0, 0.1) is 5.82 Å². The van der Waals surface area contributed by atoms with Crippen molar-refractivity contribution >= 4 is 34.7 Å². The summed E-state index contributed by atoms with van der Waals surface area (Å²) in [7, 11) is 0. The van der Waals surface area contributed by atoms with Gasteiger partial charge in [0.1, 0.15) is 5.82 Å². The monoisotopic (exact) mass is 443 g/mol. The van der Waals surface area contributed by atoms with Crippen molar-refractivity contribution in [1.29, 1.82) is 0 Å². The molecular formula is C22H23ClFN5S. The van der Waals surface area contributed by atoms with Gasteiger partial charge in [0.05, 0.1) is 6.54 Å². The zero-order chi connectivity index (χ0) is 20.9. The fourth-order valence-corrected chi connectivity index (χ4v) is 3.99. The molecule has 1 aliphatic rings. The molecule has 0 spiro atoms. The molecular weight excluding hydrogens is 421 g/mol. The highest BCUT2D eigenvalue weighted by molar-refractivity contribution is 7.80. The number of hydrogen-bond acceptors (Lipinski definition) is 3. The van der Waals surface area contributed by atoms with Crippen LogP contribution in [0.25, 0.3) is 0 Å². The second kappa shape index (κ2) is 9.55. The predicted molar refractivity (Wildman–Crippen MR) is 122 cm³/mol. The molecule has 0 atom stereocenters. The molecule has 0 bridgehead atoms. The quantitative estimate of drug-likeness (QED) is 0.597. The average molecular weight is 444 g/mol. The second-order valence-electron chi connectivity index (χ2n) is 7.31. The predicted octanol–water partition coefficient (Wildman–Crippen LogP) is 4.24. The smallest absolute Gasteiger partial charge is 0.174 e. The van der Waals surface area contributed by atoms with E-state index in [0.717, 1.165) is 48.9 Å². The summed E-state index contributed by atoms with van der Waals surface area (Å²) in [6, 6.07) is 16.4. The van der Waals surface area contributed by atoms with Gasteiger partial charge in [-0.2, -0.15) is 5.10 Å². The minimum Gasteiger partial charge on any atom is -0.346 e. The van der Waals surface area contributed by atoms with Gasteiger partial charge < -0.3 is 10.2 Å². The summed E-state index contributed by atoms with van der Waals surface area (Å²) in [4.78, 5) is 4.46. The van der Waals surface area contributed by atoms with Crippen LogP contribution < -0.4 is 5.32 Å². The fourth-order valence-electron chi connectivity index (χ4n) is 3.51. The lowest BCUT2D eigenvalue weighted by molar-refractivity contribution is 0.177. The first kappa shape index (κ1) is 20.8. The van der Waals surface area contributed by atoms with E-state index in [-0.39, 0.29) is 5.82 Å². The Morgan fingerprint density at radius 3 is 2.60 bits per heavy atom. The summed E-state index contributed by atoms with van der Waals surface area (Å²) >= 11 is 11.8. The van der Waals surface area contributed by atoms with Crippen molar-refractivity contribution in [3.8, 4) is 0 Å². The highest BCUT2D eigenvalue weighted by Crippen LogP contribution is 2.17. The Kier molecular flexibility index (Phi) is 6.62. The summed E-state index contributed by atoms with van der Waals surface area (Å²) in [5.41, 5.74) is 2.01. The molecule has 4 rings (SSSR count). The Morgan fingerprint density at radius 2 is 1.83 bits per heavy atom. The maximum atomic E-state index is 13.4. The number of thiocarbonyl (C=S) groups is 1. The van der Waals surface area contributed by atoms with Gasteiger partial charge in [0.15, 0.2) is 10.9 Å². The maximum absolute atomic E-state index is 13.4. The van der Waals surface area contributed by atoms with Crippen molar-refractivity contribution < 1.29 is 4.39 Å². The number of nitrogens with one attached hydrogen (secondary N) is 1. The third kappa shape index (κ3) is 5.36. The molecule has 1 aliphatic heterocycles. The Hall–Kier alpha value is -2.48. The summed E-state index contributed by atoms with van der Waals surface area (Å²) in [5, 5.41) is 9.18. The maximum Gasteiger partial charge on any atom is 0.174 e. The van der Waals surface area contributed by atoms with Crippen molar-refractivity contribution in [1.82, 2.24) is 19.6 Å². The number of nitrogens with zero attached hydrogens (tertiary/aromatic N) is 4. The van der Waals surface area contributed by atoms with Crippen LogP contribution in [0.4, 0.5) is 10.2 Å². The highest BCUT2D eigenvalue weighted by Gasteiger charge is 2.19. The molecule has 30 heavy (non-hydrogen) atoms. The molecule has 0 aliphatic carbocycles. The van der Waals surface area contributed by atoms with Gasteiger partial charge in [0.25, 0.3) is 0 Å². The first-order valence-corrected chi connectivity index (χ1v) is 10.6. The van der Waals surface area contributed by atoms with Gasteiger partial charge in [-0.3, -0.25) is 9.58 Å². The first-order valence-electron chi connectivity index (χ1n) is 9.86. The summed E-state index contributed by atoms with van der Waals surface area (Å²) in [6.45, 7) is 4.74. The van der Waals surface area contributed by atoms with Crippen LogP contribution in [0.3, 0.4) is 0 Å². The van der Waals surface area contributed by atoms with Crippen molar-refractivity contribution in [3.05, 3.63) is 82.8 Å². The molecule has 156 valence electrons. The summed E-state index contributed by atoms with van der Waals surface area (Å²) < 4.78 is 15.2. The molecule has 1 N–H and O–H groups in total. The number of benzene rings is 2. The molecule has 5 nitrogen and oxygen atoms in total. The van der Waals surface area contributed by atoms with Gasteiger partial charge in [0.2, 0.25) is 0 Å². The number of rotatable bonds is 5. The van der Waals surface area contributed by atoms with Crippen LogP contribution in [-0.2, 0) is 13.1 Å². The van der Waals surface area contributed by atoms with Gasteiger partial charge >= 0.3 is 0 Å². The molecule has 1 saturated heterocycles. The van der Waals surface area contributed by atoms with E-state index in [9.17, 15) is 4.39 Å². The SMILES string of the molecule is Fc1cccc(CN2CCN(C(=S)Nc3ccn(Cc4ccccc4Cl)n3)CC2)c1. The molecule has 0 unspecified atom stereocenters. The minimum absolute atomic E-state index is 0.189. The van der Waals surface area contributed by atoms with Crippen molar-refractivity contribution in [2.75, 3.05) is 31.5 Å². The lowest BCUT2D eigenvalue weighted by Gasteiger charge is -2.36. The van der Waals surface area contributed by atoms with Crippen LogP contribution in [0.5, 0.6) is 0 Å². The first-order chi connectivity index (χ1) is 14.6. The normalized spacial score (nSPS) is 14.7. The van der Waals surface area contributed by atoms with Crippen LogP contribution in [-0.4, -0.2) is 50.9 Å². The highest BCUT2D eigenvalue weighted by atomic mass is 35.5. The Bertz CT molecular complexity index is 1020. The van der Waals surface area contributed by atoms with Crippen LogP contribution in [0.2, 0.25) is 5.02 Å². The molecule has 3 aromatic rings. The van der Waals surface area contributed by atoms with Crippen molar-refractivity contribution in [2.24, 2.45) is 0 Å². The van der Waals surface area contributed by atoms with Gasteiger partial charge in [-0.05, 0) is 41.5 Å². The number of halogens is 2. The zero-order valence-corrected chi connectivity index (χ0v) is 18.0. The number of piperazine rings is 1. The van der Waals surface area contributed by atoms with Crippen LogP contribution >= 0.6 is 23.8 Å². The third-order valence-electron chi connectivity index (χ3n) is 5.12. The molecule has 2 heterocycles. The Labute approximate surface area is 186 Å². The van der Waals surface area contributed by atoms with Gasteiger partial charge in [-0.25, -0.2) is 4.39 Å². The third-order valence-corrected chi connectivity index (χ3v) is 5.85. The van der Waals surface area contributed by atoms with Gasteiger partial charge in [-0.1, -0.05) is 41.9 Å². The zero-order valence-electron chi connectivity index (χ0n) is 16.5. The molecule has 1 aromatic heterocycles. The molecule has 0 amide bonds. The van der Waals surface area contributed by atoms with E-state index in [2.05, 4.69) is 20.2 Å². The average Bonchev–Trinajstić information content (AvgIpc) is 3.17. The van der Waals surface area contributed by atoms with E-state index >= 15 is 0 Å². The number of aromatic nitrogens is 2. The molecule has 8 heteroatoms. The number of anilines is 1. The lowest BCUT2D eigenvalue weighted by atomic mass is 10.2. The molecule has 2 aromatic carbocycles. The summed E-state index contributed by atoms with van der Waals surface area (Å²) in [5.74, 6) is 0.528. The topological polar surface area (TPSA) is 36.3 Å². The van der Waals surface area contributed by atoms with Crippen molar-refractivity contribution in [2.45, 2.75) is 13.1 Å². The van der Waals surface area contributed by atoms with Crippen LogP contribution in [0.1, 0.15) is 11.1 Å². The standard InChI is InChI=1S/C22H23ClFN5S/c23-20-7-2-1-5-18(20)16-29-9-8-21(26-29)25-22(30)28-12-10-27(11-13-28)15-17-4-3-6-19(24)14-17/h1-9,14H,10-13,15-16H2,(H,25,26,30). The van der Waals surface area contributed by atoms with E-state index in [1.165, 1.54) is 6.07 Å². The van der Waals surface area contributed by atoms with Gasteiger partial charge in [-0.15, -0.1) is 0 Å². The van der Waals surface area contributed by atoms with E-state index < -0.39 is 0 Å².